The first kappa shape index (κ1) is 18.9. The molecule has 0 aromatic heterocycles. The molecule has 0 amide bonds. The van der Waals surface area contributed by atoms with Crippen LogP contribution in [0.25, 0.3) is 10.8 Å². The average molecular weight is 352 g/mol. The van der Waals surface area contributed by atoms with Gasteiger partial charge in [0.2, 0.25) is 0 Å². The maximum Gasteiger partial charge on any atom is 1.00 e. The van der Waals surface area contributed by atoms with Crippen LogP contribution in [0.2, 0.25) is 0 Å². The summed E-state index contributed by atoms with van der Waals surface area (Å²) in [6, 6.07) is 9.48. The Morgan fingerprint density at radius 3 is 2.29 bits per heavy atom. The van der Waals surface area contributed by atoms with Gasteiger partial charge >= 0.3 is 29.6 Å². The van der Waals surface area contributed by atoms with Crippen molar-refractivity contribution in [3.63, 3.8) is 0 Å². The van der Waals surface area contributed by atoms with E-state index in [-0.39, 0.29) is 34.5 Å². The van der Waals surface area contributed by atoms with Gasteiger partial charge in [0.25, 0.3) is 0 Å². The van der Waals surface area contributed by atoms with Crippen LogP contribution in [0.1, 0.15) is 0 Å². The molecule has 8 heteroatoms. The van der Waals surface area contributed by atoms with Crippen molar-refractivity contribution in [2.24, 2.45) is 5.10 Å². The maximum atomic E-state index is 11.3. The summed E-state index contributed by atoms with van der Waals surface area (Å²) in [7, 11) is -4.55. The number of rotatable bonds is 3. The van der Waals surface area contributed by atoms with E-state index >= 15 is 0 Å². The van der Waals surface area contributed by atoms with Crippen LogP contribution < -0.4 is 35.0 Å². The number of fused-ring (bicyclic) bond motifs is 1. The molecule has 2 aromatic rings. The van der Waals surface area contributed by atoms with Crippen LogP contribution in [0.5, 0.6) is 0 Å². The van der Waals surface area contributed by atoms with E-state index in [0.717, 1.165) is 0 Å². The molecule has 1 aliphatic carbocycles. The zero-order valence-corrected chi connectivity index (χ0v) is 15.7. The van der Waals surface area contributed by atoms with Crippen LogP contribution in [-0.4, -0.2) is 29.9 Å². The van der Waals surface area contributed by atoms with Crippen molar-refractivity contribution >= 4 is 32.3 Å². The third-order valence-electron chi connectivity index (χ3n) is 3.39. The van der Waals surface area contributed by atoms with Gasteiger partial charge < -0.3 is 9.66 Å². The molecule has 0 radical (unpaired) electrons. The molecule has 0 bridgehead atoms. The zero-order valence-electron chi connectivity index (χ0n) is 12.9. The number of anilines is 1. The smallest absolute Gasteiger partial charge is 0.744 e. The second-order valence-corrected chi connectivity index (χ2v) is 6.32. The van der Waals surface area contributed by atoms with Gasteiger partial charge in [0.15, 0.2) is 0 Å². The summed E-state index contributed by atoms with van der Waals surface area (Å²) in [4.78, 5) is -0.258. The summed E-state index contributed by atoms with van der Waals surface area (Å²) >= 11 is 0. The number of aliphatic hydroxyl groups is 1. The molecule has 24 heavy (non-hydrogen) atoms. The van der Waals surface area contributed by atoms with E-state index < -0.39 is 16.2 Å². The van der Waals surface area contributed by atoms with E-state index in [4.69, 9.17) is 0 Å². The molecule has 0 heterocycles. The molecule has 0 spiro atoms. The van der Waals surface area contributed by atoms with E-state index in [2.05, 4.69) is 10.5 Å². The van der Waals surface area contributed by atoms with Crippen molar-refractivity contribution in [3.05, 3.63) is 60.7 Å². The van der Waals surface area contributed by atoms with Crippen LogP contribution in [0.15, 0.2) is 70.7 Å². The Morgan fingerprint density at radius 1 is 1.04 bits per heavy atom. The quantitative estimate of drug-likeness (QED) is 0.419. The summed E-state index contributed by atoms with van der Waals surface area (Å²) < 4.78 is 34.0. The standard InChI is InChI=1S/C16H14N2O4S.Na/c19-12-7-5-11(6-8-12)17-18-15-9-10-16(23(20,21)22)14-4-2-1-3-13(14)15;/h1-10,12,18-19H,(H,20,21,22);/q;+1/p-1. The normalized spacial score (nSPS) is 16.8. The number of hydrazone groups is 1. The van der Waals surface area contributed by atoms with E-state index in [1.54, 1.807) is 48.6 Å². The Kier molecular flexibility index (Phi) is 5.97. The van der Waals surface area contributed by atoms with Crippen molar-refractivity contribution in [2.75, 3.05) is 5.43 Å². The number of benzene rings is 2. The van der Waals surface area contributed by atoms with Crippen LogP contribution in [0.3, 0.4) is 0 Å². The van der Waals surface area contributed by atoms with Crippen molar-refractivity contribution in [1.29, 1.82) is 0 Å². The Bertz CT molecular complexity index is 936. The first-order valence-corrected chi connectivity index (χ1v) is 8.22. The third kappa shape index (κ3) is 4.13. The molecule has 2 N–H and O–H groups in total. The number of allylic oxidation sites excluding steroid dienone is 2. The summed E-state index contributed by atoms with van der Waals surface area (Å²) in [6.07, 6.45) is 5.89. The SMILES string of the molecule is O=S(=O)([O-])c1ccc(NN=C2C=CC(O)C=C2)c2ccccc12.[Na+]. The molecule has 118 valence electrons. The molecule has 0 unspecified atom stereocenters. The van der Waals surface area contributed by atoms with E-state index in [9.17, 15) is 18.1 Å². The fraction of sp³-hybridized carbons (Fsp3) is 0.0625. The van der Waals surface area contributed by atoms with Crippen LogP contribution in [0, 0.1) is 0 Å². The predicted octanol–water partition coefficient (Wildman–Crippen LogP) is -0.997. The van der Waals surface area contributed by atoms with E-state index in [1.165, 1.54) is 12.1 Å². The minimum absolute atomic E-state index is 0. The van der Waals surface area contributed by atoms with Gasteiger partial charge in [0, 0.05) is 10.8 Å². The minimum atomic E-state index is -4.55. The van der Waals surface area contributed by atoms with Gasteiger partial charge in [-0.15, -0.1) is 0 Å². The van der Waals surface area contributed by atoms with Crippen LogP contribution in [-0.2, 0) is 10.1 Å². The molecule has 1 aliphatic rings. The van der Waals surface area contributed by atoms with E-state index in [0.29, 0.717) is 22.2 Å². The molecule has 6 nitrogen and oxygen atoms in total. The summed E-state index contributed by atoms with van der Waals surface area (Å²) in [5.74, 6) is 0. The van der Waals surface area contributed by atoms with Gasteiger partial charge in [-0.1, -0.05) is 36.4 Å². The number of hydrogen-bond donors (Lipinski definition) is 2. The fourth-order valence-electron chi connectivity index (χ4n) is 2.30. The number of nitrogens with one attached hydrogen (secondary N) is 1. The molecule has 2 aromatic carbocycles. The minimum Gasteiger partial charge on any atom is -0.744 e. The maximum absolute atomic E-state index is 11.3. The number of nitrogens with zero attached hydrogens (tertiary/aromatic N) is 1. The van der Waals surface area contributed by atoms with Crippen LogP contribution >= 0.6 is 0 Å². The average Bonchev–Trinajstić information content (AvgIpc) is 2.53. The van der Waals surface area contributed by atoms with Crippen LogP contribution in [0.4, 0.5) is 5.69 Å². The topological polar surface area (TPSA) is 102 Å². The van der Waals surface area contributed by atoms with Crippen molar-refractivity contribution in [1.82, 2.24) is 0 Å². The molecule has 0 saturated heterocycles. The summed E-state index contributed by atoms with van der Waals surface area (Å²) in [5.41, 5.74) is 4.05. The second-order valence-electron chi connectivity index (χ2n) is 4.97. The fourth-order valence-corrected chi connectivity index (χ4v) is 2.98. The summed E-state index contributed by atoms with van der Waals surface area (Å²) in [5, 5.41) is 14.4. The first-order chi connectivity index (χ1) is 10.9. The molecular weight excluding hydrogens is 339 g/mol. The molecule has 3 rings (SSSR count). The van der Waals surface area contributed by atoms with Gasteiger partial charge in [0.1, 0.15) is 10.1 Å². The van der Waals surface area contributed by atoms with Gasteiger partial charge in [-0.2, -0.15) is 5.10 Å². The Labute approximate surface area is 161 Å². The Balaban J connectivity index is 0.00000208. The van der Waals surface area contributed by atoms with Crippen molar-refractivity contribution < 1.29 is 47.6 Å². The van der Waals surface area contributed by atoms with E-state index in [1.807, 2.05) is 0 Å². The number of aliphatic hydroxyl groups excluding tert-OH is 1. The van der Waals surface area contributed by atoms with Crippen molar-refractivity contribution in [2.45, 2.75) is 11.0 Å². The molecule has 0 aliphatic heterocycles. The molecular formula is C16H13N2NaO4S. The van der Waals surface area contributed by atoms with Crippen molar-refractivity contribution in [3.8, 4) is 0 Å². The second kappa shape index (κ2) is 7.60. The number of hydrogen-bond acceptors (Lipinski definition) is 6. The van der Waals surface area contributed by atoms with Gasteiger partial charge in [0.05, 0.1) is 22.4 Å². The predicted molar refractivity (Wildman–Crippen MR) is 87.3 cm³/mol. The van der Waals surface area contributed by atoms with Gasteiger partial charge in [-0.05, 0) is 24.3 Å². The largest absolute Gasteiger partial charge is 1.00 e. The van der Waals surface area contributed by atoms with Gasteiger partial charge in [-0.3, -0.25) is 5.43 Å². The first-order valence-electron chi connectivity index (χ1n) is 6.81. The van der Waals surface area contributed by atoms with Gasteiger partial charge in [-0.25, -0.2) is 8.42 Å². The summed E-state index contributed by atoms with van der Waals surface area (Å²) in [6.45, 7) is 0. The Morgan fingerprint density at radius 2 is 1.67 bits per heavy atom. The third-order valence-corrected chi connectivity index (χ3v) is 4.28. The molecule has 0 saturated carbocycles. The molecule has 0 fully saturated rings. The molecule has 0 atom stereocenters. The zero-order chi connectivity index (χ0) is 16.4. The monoisotopic (exact) mass is 352 g/mol. The Hall–Kier alpha value is -1.48.